The molecule has 1 aliphatic heterocycles. The fourth-order valence-electron chi connectivity index (χ4n) is 4.07. The van der Waals surface area contributed by atoms with Crippen LogP contribution in [0.25, 0.3) is 22.4 Å². The first-order chi connectivity index (χ1) is 14.3. The van der Waals surface area contributed by atoms with Crippen LogP contribution in [-0.4, -0.2) is 45.7 Å². The average molecular weight is 391 g/mol. The number of fused-ring (bicyclic) bond motifs is 1. The van der Waals surface area contributed by atoms with Crippen LogP contribution in [0, 0.1) is 5.92 Å². The van der Waals surface area contributed by atoms with Crippen LogP contribution in [0.1, 0.15) is 43.9 Å². The molecule has 3 aromatic rings. The zero-order valence-electron chi connectivity index (χ0n) is 16.4. The fourth-order valence-corrected chi connectivity index (χ4v) is 4.07. The van der Waals surface area contributed by atoms with Gasteiger partial charge in [-0.05, 0) is 43.7 Å². The van der Waals surface area contributed by atoms with Crippen LogP contribution in [0.15, 0.2) is 40.9 Å². The highest BCUT2D eigenvalue weighted by molar-refractivity contribution is 5.80. The van der Waals surface area contributed by atoms with Gasteiger partial charge in [0.2, 0.25) is 11.7 Å². The maximum Gasteiger partial charge on any atom is 0.317 e. The Balaban J connectivity index is 1.20. The Morgan fingerprint density at radius 2 is 1.90 bits per heavy atom. The van der Waals surface area contributed by atoms with Crippen molar-refractivity contribution in [3.8, 4) is 11.5 Å². The number of carbonyl (C=O) groups is 1. The highest BCUT2D eigenvalue weighted by atomic mass is 16.5. The molecule has 1 aliphatic carbocycles. The molecule has 29 heavy (non-hydrogen) atoms. The summed E-state index contributed by atoms with van der Waals surface area (Å²) in [7, 11) is 0. The Hall–Kier alpha value is -2.96. The largest absolute Gasteiger partial charge is 0.339 e. The first kappa shape index (κ1) is 18.1. The summed E-state index contributed by atoms with van der Waals surface area (Å²) in [4.78, 5) is 23.5. The van der Waals surface area contributed by atoms with Gasteiger partial charge in [0.1, 0.15) is 5.69 Å². The van der Waals surface area contributed by atoms with Crippen LogP contribution < -0.4 is 5.32 Å². The molecule has 0 atom stereocenters. The molecule has 2 aliphatic rings. The number of para-hydroxylation sites is 1. The molecule has 0 unspecified atom stereocenters. The van der Waals surface area contributed by atoms with E-state index in [-0.39, 0.29) is 11.9 Å². The van der Waals surface area contributed by atoms with Crippen molar-refractivity contribution in [2.24, 2.45) is 5.92 Å². The number of amides is 2. The van der Waals surface area contributed by atoms with Crippen molar-refractivity contribution < 1.29 is 9.32 Å². The molecule has 1 aromatic carbocycles. The van der Waals surface area contributed by atoms with E-state index in [0.717, 1.165) is 30.3 Å². The lowest BCUT2D eigenvalue weighted by molar-refractivity contribution is 0.171. The van der Waals surface area contributed by atoms with Gasteiger partial charge in [0.25, 0.3) is 0 Å². The van der Waals surface area contributed by atoms with Crippen LogP contribution in [-0.2, 0) is 0 Å². The van der Waals surface area contributed by atoms with Gasteiger partial charge in [0.05, 0.1) is 5.52 Å². The molecule has 2 aromatic heterocycles. The lowest BCUT2D eigenvalue weighted by atomic mass is 9.85. The quantitative estimate of drug-likeness (QED) is 0.727. The number of piperidine rings is 1. The predicted molar refractivity (Wildman–Crippen MR) is 109 cm³/mol. The summed E-state index contributed by atoms with van der Waals surface area (Å²) in [6.07, 6.45) is 5.46. The lowest BCUT2D eigenvalue weighted by Crippen LogP contribution is -2.46. The summed E-state index contributed by atoms with van der Waals surface area (Å²) in [6, 6.07) is 12.0. The highest BCUT2D eigenvalue weighted by Gasteiger charge is 2.28. The van der Waals surface area contributed by atoms with Crippen molar-refractivity contribution in [2.75, 3.05) is 19.6 Å². The van der Waals surface area contributed by atoms with Gasteiger partial charge in [-0.15, -0.1) is 0 Å². The topological polar surface area (TPSA) is 84.2 Å². The number of hydrogen-bond acceptors (Lipinski definition) is 5. The Labute approximate surface area is 169 Å². The zero-order chi connectivity index (χ0) is 19.6. The summed E-state index contributed by atoms with van der Waals surface area (Å²) in [5.74, 6) is 2.03. The van der Waals surface area contributed by atoms with E-state index in [9.17, 15) is 4.79 Å². The van der Waals surface area contributed by atoms with E-state index in [1.165, 1.54) is 19.3 Å². The molecule has 7 heteroatoms. The number of hydrogen-bond donors (Lipinski definition) is 1. The molecule has 1 saturated heterocycles. The summed E-state index contributed by atoms with van der Waals surface area (Å²) in [6.45, 7) is 2.24. The van der Waals surface area contributed by atoms with Crippen LogP contribution in [0.2, 0.25) is 0 Å². The van der Waals surface area contributed by atoms with E-state index in [1.54, 1.807) is 0 Å². The molecule has 2 fully saturated rings. The maximum atomic E-state index is 12.3. The number of benzene rings is 1. The normalized spacial score (nSPS) is 18.0. The summed E-state index contributed by atoms with van der Waals surface area (Å²) in [5, 5.41) is 8.31. The van der Waals surface area contributed by atoms with E-state index in [0.29, 0.717) is 36.4 Å². The summed E-state index contributed by atoms with van der Waals surface area (Å²) < 4.78 is 5.55. The van der Waals surface area contributed by atoms with Gasteiger partial charge in [-0.1, -0.05) is 35.8 Å². The van der Waals surface area contributed by atoms with Crippen molar-refractivity contribution in [1.82, 2.24) is 25.3 Å². The minimum atomic E-state index is 0.0573. The van der Waals surface area contributed by atoms with Crippen molar-refractivity contribution in [1.29, 1.82) is 0 Å². The van der Waals surface area contributed by atoms with E-state index < -0.39 is 0 Å². The second-order valence-electron chi connectivity index (χ2n) is 8.09. The van der Waals surface area contributed by atoms with Gasteiger partial charge >= 0.3 is 6.03 Å². The molecule has 0 bridgehead atoms. The smallest absolute Gasteiger partial charge is 0.317 e. The molecule has 1 N–H and O–H groups in total. The standard InChI is InChI=1S/C22H25N5O2/c28-22(23-14-15-4-3-5-15)27-12-10-17(11-13-27)21-25-20(26-29-21)19-9-8-16-6-1-2-7-18(16)24-19/h1-2,6-9,15,17H,3-5,10-14H2,(H,23,28). The fraction of sp³-hybridized carbons (Fsp3) is 0.455. The third-order valence-electron chi connectivity index (χ3n) is 6.17. The molecule has 0 radical (unpaired) electrons. The molecule has 2 amide bonds. The van der Waals surface area contributed by atoms with E-state index in [2.05, 4.69) is 20.4 Å². The monoisotopic (exact) mass is 391 g/mol. The molecular weight excluding hydrogens is 366 g/mol. The third kappa shape index (κ3) is 3.81. The number of aromatic nitrogens is 3. The second kappa shape index (κ2) is 7.81. The molecule has 3 heterocycles. The van der Waals surface area contributed by atoms with Crippen LogP contribution in [0.3, 0.4) is 0 Å². The Kier molecular flexibility index (Phi) is 4.87. The number of carbonyl (C=O) groups excluding carboxylic acids is 1. The van der Waals surface area contributed by atoms with Crippen molar-refractivity contribution >= 4 is 16.9 Å². The van der Waals surface area contributed by atoms with Crippen molar-refractivity contribution in [3.63, 3.8) is 0 Å². The molecule has 1 saturated carbocycles. The van der Waals surface area contributed by atoms with Gasteiger partial charge < -0.3 is 14.7 Å². The Morgan fingerprint density at radius 3 is 2.69 bits per heavy atom. The Bertz CT molecular complexity index is 1010. The van der Waals surface area contributed by atoms with E-state index >= 15 is 0 Å². The minimum Gasteiger partial charge on any atom is -0.339 e. The van der Waals surface area contributed by atoms with Gasteiger partial charge in [-0.25, -0.2) is 9.78 Å². The van der Waals surface area contributed by atoms with E-state index in [4.69, 9.17) is 4.52 Å². The highest BCUT2D eigenvalue weighted by Crippen LogP contribution is 2.29. The van der Waals surface area contributed by atoms with Gasteiger partial charge in [0, 0.05) is 30.9 Å². The molecule has 7 nitrogen and oxygen atoms in total. The first-order valence-electron chi connectivity index (χ1n) is 10.5. The maximum absolute atomic E-state index is 12.3. The first-order valence-corrected chi connectivity index (χ1v) is 10.5. The number of urea groups is 1. The van der Waals surface area contributed by atoms with Gasteiger partial charge in [-0.2, -0.15) is 4.98 Å². The van der Waals surface area contributed by atoms with Crippen molar-refractivity contribution in [2.45, 2.75) is 38.0 Å². The number of rotatable bonds is 4. The van der Waals surface area contributed by atoms with E-state index in [1.807, 2.05) is 41.3 Å². The van der Waals surface area contributed by atoms with Gasteiger partial charge in [-0.3, -0.25) is 0 Å². The SMILES string of the molecule is O=C(NCC1CCC1)N1CCC(c2nc(-c3ccc4ccccc4n3)no2)CC1. The zero-order valence-corrected chi connectivity index (χ0v) is 16.4. The Morgan fingerprint density at radius 1 is 1.07 bits per heavy atom. The molecule has 0 spiro atoms. The lowest BCUT2D eigenvalue weighted by Gasteiger charge is -2.32. The summed E-state index contributed by atoms with van der Waals surface area (Å²) >= 11 is 0. The van der Waals surface area contributed by atoms with Gasteiger partial charge in [0.15, 0.2) is 0 Å². The van der Waals surface area contributed by atoms with Crippen LogP contribution in [0.4, 0.5) is 4.79 Å². The minimum absolute atomic E-state index is 0.0573. The predicted octanol–water partition coefficient (Wildman–Crippen LogP) is 3.97. The molecule has 150 valence electrons. The summed E-state index contributed by atoms with van der Waals surface area (Å²) in [5.41, 5.74) is 1.63. The average Bonchev–Trinajstić information content (AvgIpc) is 3.22. The third-order valence-corrected chi connectivity index (χ3v) is 6.17. The number of likely N-dealkylation sites (tertiary alicyclic amines) is 1. The second-order valence-corrected chi connectivity index (χ2v) is 8.09. The number of nitrogens with zero attached hydrogens (tertiary/aromatic N) is 4. The molecule has 5 rings (SSSR count). The molecular formula is C22H25N5O2. The van der Waals surface area contributed by atoms with Crippen LogP contribution >= 0.6 is 0 Å². The van der Waals surface area contributed by atoms with Crippen molar-refractivity contribution in [3.05, 3.63) is 42.3 Å². The number of nitrogens with one attached hydrogen (secondary N) is 1. The number of pyridine rings is 1. The van der Waals surface area contributed by atoms with Crippen LogP contribution in [0.5, 0.6) is 0 Å².